The van der Waals surface area contributed by atoms with Crippen molar-refractivity contribution >= 4 is 23.6 Å². The smallest absolute Gasteiger partial charge is 0.327 e. The maximum absolute atomic E-state index is 12.0. The van der Waals surface area contributed by atoms with E-state index in [9.17, 15) is 14.7 Å². The Bertz CT molecular complexity index is 300. The van der Waals surface area contributed by atoms with Crippen molar-refractivity contribution in [3.8, 4) is 0 Å². The minimum absolute atomic E-state index is 0.0144. The molecule has 5 heteroatoms. The van der Waals surface area contributed by atoms with Gasteiger partial charge in [0.1, 0.15) is 6.04 Å². The molecule has 0 bridgehead atoms. The Morgan fingerprint density at radius 3 is 2.47 bits per heavy atom. The van der Waals surface area contributed by atoms with Gasteiger partial charge in [0.2, 0.25) is 5.91 Å². The summed E-state index contributed by atoms with van der Waals surface area (Å²) >= 11 is 1.44. The number of aliphatic carboxylic acids is 1. The highest BCUT2D eigenvalue weighted by Gasteiger charge is 2.37. The van der Waals surface area contributed by atoms with Crippen LogP contribution in [0.3, 0.4) is 0 Å². The lowest BCUT2D eigenvalue weighted by Gasteiger charge is -2.38. The quantitative estimate of drug-likeness (QED) is 0.766. The number of hydrogen-bond acceptors (Lipinski definition) is 3. The largest absolute Gasteiger partial charge is 0.480 e. The van der Waals surface area contributed by atoms with Gasteiger partial charge >= 0.3 is 5.97 Å². The molecule has 1 heterocycles. The molecule has 1 saturated carbocycles. The lowest BCUT2D eigenvalue weighted by Crippen LogP contribution is -2.55. The van der Waals surface area contributed by atoms with E-state index in [1.807, 2.05) is 0 Å². The zero-order valence-electron chi connectivity index (χ0n) is 9.93. The van der Waals surface area contributed by atoms with E-state index in [0.29, 0.717) is 11.5 Å². The molecular weight excluding hydrogens is 238 g/mol. The molecule has 0 spiro atoms. The van der Waals surface area contributed by atoms with Gasteiger partial charge in [-0.15, -0.1) is 11.8 Å². The van der Waals surface area contributed by atoms with Gasteiger partial charge in [-0.05, 0) is 12.8 Å². The van der Waals surface area contributed by atoms with Crippen LogP contribution in [-0.4, -0.2) is 45.5 Å². The van der Waals surface area contributed by atoms with Gasteiger partial charge in [0.15, 0.2) is 0 Å². The van der Waals surface area contributed by atoms with Crippen LogP contribution in [0, 0.1) is 0 Å². The first-order valence-corrected chi connectivity index (χ1v) is 7.47. The molecular formula is C12H19NO3S. The van der Waals surface area contributed by atoms with Crippen molar-refractivity contribution in [3.05, 3.63) is 0 Å². The Balaban J connectivity index is 2.12. The van der Waals surface area contributed by atoms with Gasteiger partial charge in [-0.2, -0.15) is 0 Å². The first-order valence-electron chi connectivity index (χ1n) is 6.32. The maximum Gasteiger partial charge on any atom is 0.327 e. The topological polar surface area (TPSA) is 57.6 Å². The number of hydrogen-bond donors (Lipinski definition) is 1. The van der Waals surface area contributed by atoms with E-state index < -0.39 is 12.0 Å². The average Bonchev–Trinajstić information content (AvgIpc) is 2.57. The molecule has 2 rings (SSSR count). The number of carbonyl (C=O) groups is 2. The Labute approximate surface area is 106 Å². The van der Waals surface area contributed by atoms with Crippen molar-refractivity contribution in [1.82, 2.24) is 4.90 Å². The molecule has 1 saturated heterocycles. The molecule has 0 aromatic carbocycles. The summed E-state index contributed by atoms with van der Waals surface area (Å²) in [6.45, 7) is 0. The summed E-state index contributed by atoms with van der Waals surface area (Å²) < 4.78 is 0. The lowest BCUT2D eigenvalue weighted by molar-refractivity contribution is -0.151. The Kier molecular flexibility index (Phi) is 4.31. The molecule has 1 unspecified atom stereocenters. The SMILES string of the molecule is O=C(O)C1CSCC(=O)N1C1CCCCCC1. The molecule has 2 aliphatic rings. The van der Waals surface area contributed by atoms with Crippen LogP contribution in [0.4, 0.5) is 0 Å². The minimum atomic E-state index is -0.852. The van der Waals surface area contributed by atoms with Crippen molar-refractivity contribution in [2.75, 3.05) is 11.5 Å². The number of rotatable bonds is 2. The number of carbonyl (C=O) groups excluding carboxylic acids is 1. The minimum Gasteiger partial charge on any atom is -0.480 e. The normalized spacial score (nSPS) is 27.9. The van der Waals surface area contributed by atoms with Crippen LogP contribution < -0.4 is 0 Å². The van der Waals surface area contributed by atoms with Gasteiger partial charge in [-0.3, -0.25) is 4.79 Å². The summed E-state index contributed by atoms with van der Waals surface area (Å²) in [5.74, 6) is 0.146. The van der Waals surface area contributed by atoms with Crippen LogP contribution >= 0.6 is 11.8 Å². The first-order chi connectivity index (χ1) is 8.20. The van der Waals surface area contributed by atoms with E-state index in [2.05, 4.69) is 0 Å². The first kappa shape index (κ1) is 12.7. The third kappa shape index (κ3) is 2.94. The van der Waals surface area contributed by atoms with E-state index >= 15 is 0 Å². The third-order valence-corrected chi connectivity index (χ3v) is 4.63. The molecule has 1 aliphatic heterocycles. The second kappa shape index (κ2) is 5.76. The van der Waals surface area contributed by atoms with Crippen molar-refractivity contribution < 1.29 is 14.7 Å². The molecule has 1 atom stereocenters. The third-order valence-electron chi connectivity index (χ3n) is 3.63. The molecule has 17 heavy (non-hydrogen) atoms. The fourth-order valence-electron chi connectivity index (χ4n) is 2.77. The highest BCUT2D eigenvalue weighted by atomic mass is 32.2. The van der Waals surface area contributed by atoms with Crippen LogP contribution in [-0.2, 0) is 9.59 Å². The van der Waals surface area contributed by atoms with Crippen LogP contribution in [0.2, 0.25) is 0 Å². The van der Waals surface area contributed by atoms with Gasteiger partial charge in [0.25, 0.3) is 0 Å². The summed E-state index contributed by atoms with van der Waals surface area (Å²) in [7, 11) is 0. The fourth-order valence-corrected chi connectivity index (χ4v) is 3.74. The predicted octanol–water partition coefficient (Wildman–Crippen LogP) is 1.74. The molecule has 0 radical (unpaired) electrons. The second-order valence-corrected chi connectivity index (χ2v) is 5.85. The van der Waals surface area contributed by atoms with Crippen LogP contribution in [0.5, 0.6) is 0 Å². The summed E-state index contributed by atoms with van der Waals surface area (Å²) in [4.78, 5) is 24.9. The fraction of sp³-hybridized carbons (Fsp3) is 0.833. The molecule has 2 fully saturated rings. The van der Waals surface area contributed by atoms with E-state index in [0.717, 1.165) is 25.7 Å². The predicted molar refractivity (Wildman–Crippen MR) is 67.1 cm³/mol. The number of thioether (sulfide) groups is 1. The molecule has 0 aromatic rings. The van der Waals surface area contributed by atoms with Crippen molar-refractivity contribution in [2.24, 2.45) is 0 Å². The summed E-state index contributed by atoms with van der Waals surface area (Å²) in [5, 5.41) is 9.22. The second-order valence-electron chi connectivity index (χ2n) is 4.82. The van der Waals surface area contributed by atoms with Gasteiger partial charge in [-0.1, -0.05) is 25.7 Å². The molecule has 1 N–H and O–H groups in total. The van der Waals surface area contributed by atoms with Crippen molar-refractivity contribution in [3.63, 3.8) is 0 Å². The summed E-state index contributed by atoms with van der Waals surface area (Å²) in [6.07, 6.45) is 6.61. The van der Waals surface area contributed by atoms with Gasteiger partial charge in [0, 0.05) is 11.8 Å². The van der Waals surface area contributed by atoms with Gasteiger partial charge in [-0.25, -0.2) is 4.79 Å². The van der Waals surface area contributed by atoms with Crippen LogP contribution in [0.15, 0.2) is 0 Å². The zero-order chi connectivity index (χ0) is 12.3. The summed E-state index contributed by atoms with van der Waals surface area (Å²) in [5.41, 5.74) is 0. The summed E-state index contributed by atoms with van der Waals surface area (Å²) in [6, 6.07) is -0.448. The molecule has 0 aromatic heterocycles. The van der Waals surface area contributed by atoms with E-state index in [4.69, 9.17) is 0 Å². The number of carboxylic acid groups (broad SMARTS) is 1. The Morgan fingerprint density at radius 2 is 1.88 bits per heavy atom. The van der Waals surface area contributed by atoms with Gasteiger partial charge in [0.05, 0.1) is 5.75 Å². The van der Waals surface area contributed by atoms with Crippen molar-refractivity contribution in [2.45, 2.75) is 50.6 Å². The molecule has 1 aliphatic carbocycles. The van der Waals surface area contributed by atoms with E-state index in [1.165, 1.54) is 24.6 Å². The monoisotopic (exact) mass is 257 g/mol. The van der Waals surface area contributed by atoms with Crippen molar-refractivity contribution in [1.29, 1.82) is 0 Å². The molecule has 96 valence electrons. The number of nitrogens with zero attached hydrogens (tertiary/aromatic N) is 1. The standard InChI is InChI=1S/C12H19NO3S/c14-11-8-17-7-10(12(15)16)13(11)9-5-3-1-2-4-6-9/h9-10H,1-8H2,(H,15,16). The number of carboxylic acids is 1. The Morgan fingerprint density at radius 1 is 1.24 bits per heavy atom. The molecule has 4 nitrogen and oxygen atoms in total. The highest BCUT2D eigenvalue weighted by molar-refractivity contribution is 8.00. The van der Waals surface area contributed by atoms with Crippen LogP contribution in [0.1, 0.15) is 38.5 Å². The maximum atomic E-state index is 12.0. The zero-order valence-corrected chi connectivity index (χ0v) is 10.7. The average molecular weight is 257 g/mol. The lowest BCUT2D eigenvalue weighted by atomic mass is 10.0. The highest BCUT2D eigenvalue weighted by Crippen LogP contribution is 2.28. The molecule has 1 amide bonds. The number of amides is 1. The van der Waals surface area contributed by atoms with Gasteiger partial charge < -0.3 is 10.0 Å². The van der Waals surface area contributed by atoms with E-state index in [1.54, 1.807) is 4.90 Å². The van der Waals surface area contributed by atoms with E-state index in [-0.39, 0.29) is 11.9 Å². The Hall–Kier alpha value is -0.710. The van der Waals surface area contributed by atoms with Crippen LogP contribution in [0.25, 0.3) is 0 Å².